The number of anilines is 1. The molecule has 0 aliphatic carbocycles. The Hall–Kier alpha value is -3.42. The van der Waals surface area contributed by atoms with E-state index in [9.17, 15) is 14.9 Å². The second-order valence-corrected chi connectivity index (χ2v) is 5.21. The molecule has 3 aromatic rings. The number of aryl methyl sites for hydroxylation is 1. The molecule has 24 heavy (non-hydrogen) atoms. The molecule has 0 atom stereocenters. The normalized spacial score (nSPS) is 10.6. The van der Waals surface area contributed by atoms with Crippen LogP contribution in [0.2, 0.25) is 0 Å². The first-order chi connectivity index (χ1) is 11.5. The number of hydrogen-bond donors (Lipinski definition) is 2. The van der Waals surface area contributed by atoms with Crippen molar-refractivity contribution in [2.75, 3.05) is 5.32 Å². The summed E-state index contributed by atoms with van der Waals surface area (Å²) < 4.78 is 5.53. The summed E-state index contributed by atoms with van der Waals surface area (Å²) in [5, 5.41) is 20.5. The van der Waals surface area contributed by atoms with Crippen LogP contribution in [0.3, 0.4) is 0 Å². The van der Waals surface area contributed by atoms with Crippen molar-refractivity contribution in [1.82, 2.24) is 10.2 Å². The van der Waals surface area contributed by atoms with Crippen LogP contribution in [-0.2, 0) is 0 Å². The van der Waals surface area contributed by atoms with Crippen LogP contribution in [0.4, 0.5) is 11.5 Å². The lowest BCUT2D eigenvalue weighted by molar-refractivity contribution is -0.385. The predicted octanol–water partition coefficient (Wildman–Crippen LogP) is 3.45. The van der Waals surface area contributed by atoms with Crippen LogP contribution in [0.5, 0.6) is 0 Å². The van der Waals surface area contributed by atoms with Crippen molar-refractivity contribution < 1.29 is 14.1 Å². The molecular formula is C16H14N4O4. The first kappa shape index (κ1) is 15.5. The third-order valence-corrected chi connectivity index (χ3v) is 3.57. The maximum Gasteiger partial charge on any atom is 0.282 e. The number of nitro groups is 1. The molecule has 122 valence electrons. The highest BCUT2D eigenvalue weighted by Gasteiger charge is 2.21. The quantitative estimate of drug-likeness (QED) is 0.563. The number of furan rings is 1. The molecule has 0 saturated heterocycles. The molecule has 2 N–H and O–H groups in total. The smallest absolute Gasteiger partial charge is 0.282 e. The van der Waals surface area contributed by atoms with E-state index in [2.05, 4.69) is 15.5 Å². The maximum atomic E-state index is 12.3. The summed E-state index contributed by atoms with van der Waals surface area (Å²) in [7, 11) is 0. The van der Waals surface area contributed by atoms with Crippen molar-refractivity contribution in [2.24, 2.45) is 0 Å². The van der Waals surface area contributed by atoms with Gasteiger partial charge in [-0.1, -0.05) is 12.1 Å². The number of nitro benzene ring substituents is 1. The van der Waals surface area contributed by atoms with Crippen molar-refractivity contribution in [2.45, 2.75) is 13.8 Å². The van der Waals surface area contributed by atoms with Gasteiger partial charge in [0.1, 0.15) is 17.0 Å². The third-order valence-electron chi connectivity index (χ3n) is 3.57. The Kier molecular flexibility index (Phi) is 3.87. The van der Waals surface area contributed by atoms with Gasteiger partial charge in [0.05, 0.1) is 4.92 Å². The van der Waals surface area contributed by atoms with Crippen molar-refractivity contribution in [3.05, 3.63) is 63.4 Å². The summed E-state index contributed by atoms with van der Waals surface area (Å²) in [5.74, 6) is 1.05. The lowest BCUT2D eigenvalue weighted by atomic mass is 10.1. The van der Waals surface area contributed by atoms with Gasteiger partial charge >= 0.3 is 0 Å². The third kappa shape index (κ3) is 2.76. The summed E-state index contributed by atoms with van der Waals surface area (Å²) in [4.78, 5) is 22.8. The van der Waals surface area contributed by atoms with E-state index in [-0.39, 0.29) is 11.3 Å². The molecule has 0 aliphatic rings. The highest BCUT2D eigenvalue weighted by atomic mass is 16.6. The van der Waals surface area contributed by atoms with Crippen LogP contribution in [0.15, 0.2) is 40.8 Å². The largest absolute Gasteiger partial charge is 0.460 e. The molecule has 2 aromatic heterocycles. The van der Waals surface area contributed by atoms with Crippen LogP contribution in [0.25, 0.3) is 11.5 Å². The minimum Gasteiger partial charge on any atom is -0.460 e. The molecule has 8 nitrogen and oxygen atoms in total. The van der Waals surface area contributed by atoms with Gasteiger partial charge in [-0.3, -0.25) is 20.0 Å². The van der Waals surface area contributed by atoms with Crippen LogP contribution in [-0.4, -0.2) is 21.0 Å². The molecule has 0 spiro atoms. The van der Waals surface area contributed by atoms with Gasteiger partial charge in [-0.15, -0.1) is 0 Å². The van der Waals surface area contributed by atoms with Gasteiger partial charge in [0.2, 0.25) is 0 Å². The summed E-state index contributed by atoms with van der Waals surface area (Å²) in [5.41, 5.74) is 1.03. The fourth-order valence-corrected chi connectivity index (χ4v) is 2.33. The van der Waals surface area contributed by atoms with Crippen LogP contribution < -0.4 is 5.32 Å². The molecule has 0 unspecified atom stereocenters. The molecule has 0 fully saturated rings. The van der Waals surface area contributed by atoms with Crippen LogP contribution in [0, 0.1) is 24.0 Å². The predicted molar refractivity (Wildman–Crippen MR) is 86.8 cm³/mol. The zero-order valence-corrected chi connectivity index (χ0v) is 13.0. The number of H-pyrrole nitrogens is 1. The summed E-state index contributed by atoms with van der Waals surface area (Å²) in [6, 6.07) is 9.36. The van der Waals surface area contributed by atoms with E-state index < -0.39 is 10.8 Å². The van der Waals surface area contributed by atoms with E-state index in [1.807, 2.05) is 13.0 Å². The van der Waals surface area contributed by atoms with Gasteiger partial charge < -0.3 is 9.73 Å². The molecule has 3 rings (SSSR count). The molecule has 8 heteroatoms. The number of nitrogens with zero attached hydrogens (tertiary/aromatic N) is 2. The standard InChI is InChI=1S/C16H14N4O4/c1-9-7-8-13(24-9)14-10(2)15(19-18-14)17-16(21)11-5-3-4-6-12(11)20(22)23/h3-8H,1-2H3,(H2,17,18,19,21). The highest BCUT2D eigenvalue weighted by Crippen LogP contribution is 2.28. The Labute approximate surface area is 136 Å². The number of rotatable bonds is 4. The summed E-state index contributed by atoms with van der Waals surface area (Å²) in [6.07, 6.45) is 0. The maximum absolute atomic E-state index is 12.3. The Balaban J connectivity index is 1.89. The fourth-order valence-electron chi connectivity index (χ4n) is 2.33. The van der Waals surface area contributed by atoms with E-state index >= 15 is 0 Å². The van der Waals surface area contributed by atoms with Crippen molar-refractivity contribution in [3.63, 3.8) is 0 Å². The zero-order chi connectivity index (χ0) is 17.3. The first-order valence-corrected chi connectivity index (χ1v) is 7.14. The topological polar surface area (TPSA) is 114 Å². The van der Waals surface area contributed by atoms with Gasteiger partial charge in [0, 0.05) is 11.6 Å². The molecular weight excluding hydrogens is 312 g/mol. The second-order valence-electron chi connectivity index (χ2n) is 5.21. The minimum absolute atomic E-state index is 0.0275. The first-order valence-electron chi connectivity index (χ1n) is 7.14. The van der Waals surface area contributed by atoms with Crippen LogP contribution in [0.1, 0.15) is 21.7 Å². The molecule has 1 aromatic carbocycles. The Morgan fingerprint density at radius 2 is 2.00 bits per heavy atom. The molecule has 2 heterocycles. The lowest BCUT2D eigenvalue weighted by Crippen LogP contribution is -2.14. The van der Waals surface area contributed by atoms with Crippen molar-refractivity contribution in [1.29, 1.82) is 0 Å². The van der Waals surface area contributed by atoms with E-state index in [0.717, 1.165) is 5.76 Å². The number of nitrogens with one attached hydrogen (secondary N) is 2. The Morgan fingerprint density at radius 3 is 2.67 bits per heavy atom. The average Bonchev–Trinajstić information content (AvgIpc) is 3.14. The number of aromatic nitrogens is 2. The van der Waals surface area contributed by atoms with Crippen LogP contribution >= 0.6 is 0 Å². The number of hydrogen-bond acceptors (Lipinski definition) is 5. The molecule has 0 bridgehead atoms. The van der Waals surface area contributed by atoms with Gasteiger partial charge in [0.15, 0.2) is 11.6 Å². The van der Waals surface area contributed by atoms with E-state index in [1.165, 1.54) is 18.2 Å². The van der Waals surface area contributed by atoms with Gasteiger partial charge in [0.25, 0.3) is 11.6 Å². The number of carbonyl (C=O) groups is 1. The molecule has 0 aliphatic heterocycles. The number of amides is 1. The SMILES string of the molecule is Cc1ccc(-c2[nH]nc(NC(=O)c3ccccc3[N+](=O)[O-])c2C)o1. The Bertz CT molecular complexity index is 926. The minimum atomic E-state index is -0.598. The monoisotopic (exact) mass is 326 g/mol. The lowest BCUT2D eigenvalue weighted by Gasteiger charge is -2.04. The summed E-state index contributed by atoms with van der Waals surface area (Å²) >= 11 is 0. The average molecular weight is 326 g/mol. The summed E-state index contributed by atoms with van der Waals surface area (Å²) in [6.45, 7) is 3.60. The Morgan fingerprint density at radius 1 is 1.25 bits per heavy atom. The number of para-hydroxylation sites is 1. The van der Waals surface area contributed by atoms with E-state index in [0.29, 0.717) is 22.8 Å². The second kappa shape index (κ2) is 5.99. The number of carbonyl (C=O) groups excluding carboxylic acids is 1. The van der Waals surface area contributed by atoms with Gasteiger partial charge in [-0.2, -0.15) is 5.10 Å². The number of aromatic amines is 1. The molecule has 0 saturated carbocycles. The van der Waals surface area contributed by atoms with Gasteiger partial charge in [-0.25, -0.2) is 0 Å². The fraction of sp³-hybridized carbons (Fsp3) is 0.125. The number of benzene rings is 1. The van der Waals surface area contributed by atoms with E-state index in [1.54, 1.807) is 19.1 Å². The highest BCUT2D eigenvalue weighted by molar-refractivity contribution is 6.07. The van der Waals surface area contributed by atoms with Crippen molar-refractivity contribution in [3.8, 4) is 11.5 Å². The molecule has 0 radical (unpaired) electrons. The van der Waals surface area contributed by atoms with E-state index in [4.69, 9.17) is 4.42 Å². The van der Waals surface area contributed by atoms with Crippen molar-refractivity contribution >= 4 is 17.4 Å². The van der Waals surface area contributed by atoms with Gasteiger partial charge in [-0.05, 0) is 32.0 Å². The molecule has 1 amide bonds. The zero-order valence-electron chi connectivity index (χ0n) is 13.0.